The van der Waals surface area contributed by atoms with Gasteiger partial charge in [-0.2, -0.15) is 0 Å². The predicted octanol–water partition coefficient (Wildman–Crippen LogP) is 3.65. The van der Waals surface area contributed by atoms with Gasteiger partial charge in [0.05, 0.1) is 5.69 Å². The van der Waals surface area contributed by atoms with Gasteiger partial charge in [0, 0.05) is 16.6 Å². The van der Waals surface area contributed by atoms with Crippen molar-refractivity contribution >= 4 is 27.9 Å². The van der Waals surface area contributed by atoms with Gasteiger partial charge in [0.1, 0.15) is 0 Å². The van der Waals surface area contributed by atoms with E-state index in [0.29, 0.717) is 0 Å². The number of hydrogen-bond acceptors (Lipinski definition) is 4. The van der Waals surface area contributed by atoms with Crippen LogP contribution in [0.1, 0.15) is 29.9 Å². The van der Waals surface area contributed by atoms with Gasteiger partial charge < -0.3 is 5.32 Å². The van der Waals surface area contributed by atoms with Gasteiger partial charge in [0.2, 0.25) is 0 Å². The van der Waals surface area contributed by atoms with Crippen LogP contribution in [0.5, 0.6) is 0 Å². The summed E-state index contributed by atoms with van der Waals surface area (Å²) in [6.45, 7) is 3.65. The van der Waals surface area contributed by atoms with Crippen molar-refractivity contribution in [2.75, 3.05) is 5.32 Å². The number of carbonyl (C=O) groups excluding carboxylic acids is 1. The molecule has 1 N–H and O–H groups in total. The normalized spacial score (nSPS) is 10.2. The van der Waals surface area contributed by atoms with Crippen LogP contribution >= 0.6 is 11.3 Å². The van der Waals surface area contributed by atoms with E-state index >= 15 is 0 Å². The van der Waals surface area contributed by atoms with Crippen LogP contribution in [-0.2, 0) is 6.42 Å². The van der Waals surface area contributed by atoms with Crippen LogP contribution in [0.3, 0.4) is 0 Å². The summed E-state index contributed by atoms with van der Waals surface area (Å²) < 4.78 is 0. The van der Waals surface area contributed by atoms with Crippen LogP contribution in [0.4, 0.5) is 10.8 Å². The van der Waals surface area contributed by atoms with Crippen molar-refractivity contribution in [3.8, 4) is 0 Å². The lowest BCUT2D eigenvalue weighted by Crippen LogP contribution is -1.94. The minimum atomic E-state index is 0.0825. The number of rotatable bonds is 4. The van der Waals surface area contributed by atoms with Gasteiger partial charge in [-0.15, -0.1) is 11.3 Å². The topological polar surface area (TPSA) is 42.0 Å². The number of aromatic nitrogens is 1. The summed E-state index contributed by atoms with van der Waals surface area (Å²) in [5, 5.41) is 6.16. The number of benzene rings is 1. The van der Waals surface area contributed by atoms with Crippen molar-refractivity contribution in [3.63, 3.8) is 0 Å². The van der Waals surface area contributed by atoms with Crippen LogP contribution in [0.25, 0.3) is 0 Å². The van der Waals surface area contributed by atoms with E-state index in [1.54, 1.807) is 18.3 Å². The molecular weight excluding hydrogens is 232 g/mol. The largest absolute Gasteiger partial charge is 0.332 e. The standard InChI is InChI=1S/C13H14N2OS/c1-3-11-8-17-13(14-11)15-12-6-4-10(5-7-12)9(2)16/h4-8H,3H2,1-2H3,(H,14,15). The number of aryl methyl sites for hydroxylation is 1. The molecule has 0 atom stereocenters. The number of thiazole rings is 1. The van der Waals surface area contributed by atoms with Crippen LogP contribution in [0.15, 0.2) is 29.6 Å². The Labute approximate surface area is 105 Å². The van der Waals surface area contributed by atoms with E-state index in [1.165, 1.54) is 0 Å². The maximum atomic E-state index is 11.1. The molecule has 2 rings (SSSR count). The Hall–Kier alpha value is -1.68. The van der Waals surface area contributed by atoms with Crippen molar-refractivity contribution < 1.29 is 4.79 Å². The summed E-state index contributed by atoms with van der Waals surface area (Å²) in [4.78, 5) is 15.5. The monoisotopic (exact) mass is 246 g/mol. The molecule has 0 bridgehead atoms. The highest BCUT2D eigenvalue weighted by Gasteiger charge is 2.02. The van der Waals surface area contributed by atoms with E-state index in [-0.39, 0.29) is 5.78 Å². The second-order valence-corrected chi connectivity index (χ2v) is 4.61. The summed E-state index contributed by atoms with van der Waals surface area (Å²) in [6.07, 6.45) is 0.946. The lowest BCUT2D eigenvalue weighted by molar-refractivity contribution is 0.101. The molecule has 0 radical (unpaired) electrons. The Morgan fingerprint density at radius 3 is 2.59 bits per heavy atom. The summed E-state index contributed by atoms with van der Waals surface area (Å²) in [7, 11) is 0. The Balaban J connectivity index is 2.10. The third-order valence-electron chi connectivity index (χ3n) is 2.46. The first kappa shape index (κ1) is 11.8. The Morgan fingerprint density at radius 2 is 2.06 bits per heavy atom. The Kier molecular flexibility index (Phi) is 3.54. The number of nitrogens with one attached hydrogen (secondary N) is 1. The molecular formula is C13H14N2OS. The first-order valence-corrected chi connectivity index (χ1v) is 6.39. The minimum Gasteiger partial charge on any atom is -0.332 e. The molecule has 0 saturated carbocycles. The van der Waals surface area contributed by atoms with Crippen molar-refractivity contribution in [2.45, 2.75) is 20.3 Å². The molecule has 1 aromatic heterocycles. The molecule has 0 aliphatic carbocycles. The van der Waals surface area contributed by atoms with Gasteiger partial charge in [0.25, 0.3) is 0 Å². The number of carbonyl (C=O) groups is 1. The Morgan fingerprint density at radius 1 is 1.35 bits per heavy atom. The van der Waals surface area contributed by atoms with E-state index in [2.05, 4.69) is 17.2 Å². The molecule has 0 aliphatic heterocycles. The summed E-state index contributed by atoms with van der Waals surface area (Å²) in [5.74, 6) is 0.0825. The van der Waals surface area contributed by atoms with E-state index < -0.39 is 0 Å². The zero-order valence-electron chi connectivity index (χ0n) is 9.86. The zero-order chi connectivity index (χ0) is 12.3. The van der Waals surface area contributed by atoms with E-state index in [1.807, 2.05) is 29.6 Å². The maximum absolute atomic E-state index is 11.1. The quantitative estimate of drug-likeness (QED) is 0.837. The molecule has 17 heavy (non-hydrogen) atoms. The lowest BCUT2D eigenvalue weighted by atomic mass is 10.1. The molecule has 0 spiro atoms. The SMILES string of the molecule is CCc1csc(Nc2ccc(C(C)=O)cc2)n1. The molecule has 88 valence electrons. The second kappa shape index (κ2) is 5.10. The number of hydrogen-bond donors (Lipinski definition) is 1. The van der Waals surface area contributed by atoms with Crippen molar-refractivity contribution in [1.82, 2.24) is 4.98 Å². The van der Waals surface area contributed by atoms with Crippen molar-refractivity contribution in [3.05, 3.63) is 40.9 Å². The third-order valence-corrected chi connectivity index (χ3v) is 3.26. The highest BCUT2D eigenvalue weighted by molar-refractivity contribution is 7.13. The highest BCUT2D eigenvalue weighted by atomic mass is 32.1. The molecule has 0 fully saturated rings. The average molecular weight is 246 g/mol. The van der Waals surface area contributed by atoms with E-state index in [4.69, 9.17) is 0 Å². The molecule has 0 saturated heterocycles. The molecule has 2 aromatic rings. The fourth-order valence-corrected chi connectivity index (χ4v) is 2.25. The molecule has 0 amide bonds. The average Bonchev–Trinajstić information content (AvgIpc) is 2.77. The molecule has 0 aliphatic rings. The van der Waals surface area contributed by atoms with Gasteiger partial charge >= 0.3 is 0 Å². The first-order valence-electron chi connectivity index (χ1n) is 5.51. The Bertz CT molecular complexity index is 516. The van der Waals surface area contributed by atoms with Gasteiger partial charge in [-0.25, -0.2) is 4.98 Å². The zero-order valence-corrected chi connectivity index (χ0v) is 10.7. The van der Waals surface area contributed by atoms with Gasteiger partial charge in [-0.05, 0) is 37.6 Å². The predicted molar refractivity (Wildman–Crippen MR) is 71.2 cm³/mol. The number of Topliss-reactive ketones (excluding diaryl/α,β-unsaturated/α-hetero) is 1. The highest BCUT2D eigenvalue weighted by Crippen LogP contribution is 2.21. The van der Waals surface area contributed by atoms with Crippen LogP contribution in [-0.4, -0.2) is 10.8 Å². The minimum absolute atomic E-state index is 0.0825. The van der Waals surface area contributed by atoms with Crippen molar-refractivity contribution in [2.24, 2.45) is 0 Å². The van der Waals surface area contributed by atoms with Crippen molar-refractivity contribution in [1.29, 1.82) is 0 Å². The van der Waals surface area contributed by atoms with Crippen LogP contribution in [0.2, 0.25) is 0 Å². The summed E-state index contributed by atoms with van der Waals surface area (Å²) >= 11 is 1.59. The summed E-state index contributed by atoms with van der Waals surface area (Å²) in [5.41, 5.74) is 2.77. The molecule has 4 heteroatoms. The van der Waals surface area contributed by atoms with Crippen LogP contribution < -0.4 is 5.32 Å². The van der Waals surface area contributed by atoms with Gasteiger partial charge in [-0.3, -0.25) is 4.79 Å². The summed E-state index contributed by atoms with van der Waals surface area (Å²) in [6, 6.07) is 7.42. The van der Waals surface area contributed by atoms with Gasteiger partial charge in [-0.1, -0.05) is 6.92 Å². The molecule has 1 aromatic carbocycles. The van der Waals surface area contributed by atoms with Crippen LogP contribution in [0, 0.1) is 0 Å². The molecule has 1 heterocycles. The third kappa shape index (κ3) is 2.91. The van der Waals surface area contributed by atoms with E-state index in [9.17, 15) is 4.79 Å². The second-order valence-electron chi connectivity index (χ2n) is 3.76. The fourth-order valence-electron chi connectivity index (χ4n) is 1.44. The van der Waals surface area contributed by atoms with E-state index in [0.717, 1.165) is 28.5 Å². The maximum Gasteiger partial charge on any atom is 0.187 e. The number of anilines is 2. The molecule has 3 nitrogen and oxygen atoms in total. The fraction of sp³-hybridized carbons (Fsp3) is 0.231. The molecule has 0 unspecified atom stereocenters. The van der Waals surface area contributed by atoms with Gasteiger partial charge in [0.15, 0.2) is 10.9 Å². The first-order chi connectivity index (χ1) is 8.19. The number of nitrogens with zero attached hydrogens (tertiary/aromatic N) is 1. The number of ketones is 1. The lowest BCUT2D eigenvalue weighted by Gasteiger charge is -2.02. The smallest absolute Gasteiger partial charge is 0.187 e.